The minimum Gasteiger partial charge on any atom is -0.461 e. The molecule has 2 saturated carbocycles. The summed E-state index contributed by atoms with van der Waals surface area (Å²) >= 11 is 4.03. The van der Waals surface area contributed by atoms with Crippen molar-refractivity contribution in [3.63, 3.8) is 0 Å². The van der Waals surface area contributed by atoms with Gasteiger partial charge in [0.25, 0.3) is 11.8 Å². The van der Waals surface area contributed by atoms with Crippen molar-refractivity contribution in [1.82, 2.24) is 110 Å². The molecule has 0 bridgehead atoms. The minimum absolute atomic E-state index is 0. The number of amides is 4. The van der Waals surface area contributed by atoms with Crippen molar-refractivity contribution in [2.75, 3.05) is 71.3 Å². The van der Waals surface area contributed by atoms with Gasteiger partial charge in [-0.2, -0.15) is 25.4 Å². The van der Waals surface area contributed by atoms with E-state index in [1.807, 2.05) is 166 Å². The van der Waals surface area contributed by atoms with Crippen molar-refractivity contribution in [2.24, 2.45) is 45.4 Å². The number of hydrogen-bond donors (Lipinski definition) is 11. The van der Waals surface area contributed by atoms with Gasteiger partial charge in [-0.3, -0.25) is 28.3 Å². The second-order valence-electron chi connectivity index (χ2n) is 29.2. The fourth-order valence-corrected chi connectivity index (χ4v) is 13.3. The third-order valence-electron chi connectivity index (χ3n) is 18.1. The number of primary amides is 2. The van der Waals surface area contributed by atoms with E-state index in [9.17, 15) is 28.8 Å². The lowest BCUT2D eigenvalue weighted by atomic mass is 9.90. The van der Waals surface area contributed by atoms with Crippen LogP contribution in [0, 0.1) is 0 Å². The zero-order valence-electron chi connectivity index (χ0n) is 70.7. The maximum absolute atomic E-state index is 12.3. The van der Waals surface area contributed by atoms with Crippen LogP contribution in [0.25, 0.3) is 43.6 Å². The number of benzene rings is 4. The van der Waals surface area contributed by atoms with Gasteiger partial charge in [-0.05, 0) is 148 Å². The van der Waals surface area contributed by atoms with Gasteiger partial charge in [0.2, 0.25) is 32.8 Å². The standard InChI is InChI=1S/C23H31N9O3.C15H16N6O2S.C13H13N7OS.C11H22N2O2.C8H12N4O2S.C8H9N3.2CH4/c1-23(2,3)35-22(34)28-16-9-6-5-8-15(16)27-21-29-20(18(19(24)33)30-31-21)26-14-10-7-11-17-13(14)12-25-32(17)4;1-4-23-14(22)12-13(18-15(24-3)20-19-12)17-10-6-5-7-11-9(10)8-16-21(11)2;1-20-9-5-3-4-8(7(9)6-15-20)16-12-10(11(14)21)18-19-13(17-12)22-2;1-11(2,3)15-10(14)13-9-7-5-4-6-8(9)12;1-4-14-7(13)5-6(9-2)10-8(15-3)12-11-5;1-11-8-4-2-3-7(9)6(8)5-10-11;;/h7,10-12,15-16H,5-6,8-9H2,1-4H3,(H2,24,33)(H,28,34)(H2,26,27,29,31);5-8H,4H2,1-3H3,(H,17,18,20);3-6H,1-2H3,(H2,14,21)(H,16,17,19);8-9H,4-7,12H2,1-3H3,(H,13,14);4H2,1-3H3,(H,9,10,12);2-5H,9H2,1H3;2*1H4/t15-,16+;;;8-,9+;;;;/m1..1..../s1. The molecule has 664 valence electrons. The highest BCUT2D eigenvalue weighted by Gasteiger charge is 2.31. The van der Waals surface area contributed by atoms with Gasteiger partial charge in [0.05, 0.1) is 83.2 Å². The zero-order chi connectivity index (χ0) is 88.5. The number of carbonyl (C=O) groups excluding carboxylic acids is 6. The van der Waals surface area contributed by atoms with Crippen molar-refractivity contribution in [1.29, 1.82) is 0 Å². The number of carbonyl (C=O) groups is 6. The molecule has 4 amide bonds. The molecule has 0 spiro atoms. The van der Waals surface area contributed by atoms with Crippen LogP contribution in [-0.2, 0) is 47.1 Å². The number of nitrogens with zero attached hydrogens (tertiary/aromatic N) is 20. The first kappa shape index (κ1) is 98.1. The van der Waals surface area contributed by atoms with Gasteiger partial charge in [0, 0.05) is 80.6 Å². The SMILES string of the molecule is C.C.CC(C)(C)OC(=O)N[C@H]1CCCC[C@H]1N.CCOC(=O)c1nnc(SC)nc1NC.CCOC(=O)c1nnc(SC)nc1Nc1cccc2c1cnn2C.CSc1nnc(C(N)=O)c(Nc2cccc3c2cnn3C)n1.Cn1ncc2c(N)cccc21.Cn1ncc2c(Nc3nc(N[C@@H]4CCCC[C@@H]4NC(=O)OC(C)(C)C)nnc3C(N)=O)cccc21. The van der Waals surface area contributed by atoms with Crippen LogP contribution < -0.4 is 60.2 Å². The van der Waals surface area contributed by atoms with Crippen LogP contribution in [0.5, 0.6) is 0 Å². The summed E-state index contributed by atoms with van der Waals surface area (Å²) in [6.07, 6.45) is 19.5. The summed E-state index contributed by atoms with van der Waals surface area (Å²) in [6.45, 7) is 15.0. The third kappa shape index (κ3) is 27.0. The summed E-state index contributed by atoms with van der Waals surface area (Å²) in [5.74, 6) is -1.15. The number of anilines is 9. The lowest BCUT2D eigenvalue weighted by molar-refractivity contribution is 0.0475. The van der Waals surface area contributed by atoms with E-state index in [1.165, 1.54) is 35.3 Å². The number of nitrogen functional groups attached to an aromatic ring is 1. The van der Waals surface area contributed by atoms with E-state index >= 15 is 0 Å². The van der Waals surface area contributed by atoms with E-state index in [2.05, 4.69) is 118 Å². The van der Waals surface area contributed by atoms with Crippen molar-refractivity contribution in [2.45, 2.75) is 172 Å². The number of fused-ring (bicyclic) bond motifs is 4. The molecule has 4 atom stereocenters. The first-order valence-corrected chi connectivity index (χ1v) is 42.3. The number of ether oxygens (including phenoxy) is 4. The lowest BCUT2D eigenvalue weighted by Crippen LogP contribution is -2.50. The van der Waals surface area contributed by atoms with Crippen molar-refractivity contribution < 1.29 is 47.7 Å². The van der Waals surface area contributed by atoms with Gasteiger partial charge in [0.15, 0.2) is 34.7 Å². The molecule has 124 heavy (non-hydrogen) atoms. The number of nitrogens with two attached hydrogens (primary N) is 4. The smallest absolute Gasteiger partial charge is 0.407 e. The molecule has 2 aliphatic rings. The molecule has 0 aliphatic heterocycles. The predicted octanol–water partition coefficient (Wildman–Crippen LogP) is 11.6. The monoisotopic (exact) mass is 1760 g/mol. The fraction of sp³-hybridized carbons (Fsp3) is 0.425. The molecular formula is C80H111N31O10S3. The normalized spacial score (nSPS) is 14.6. The summed E-state index contributed by atoms with van der Waals surface area (Å²) in [5.41, 5.74) is 28.5. The molecule has 4 aromatic carbocycles. The Morgan fingerprint density at radius 1 is 0.452 bits per heavy atom. The number of aryl methyl sites for hydroxylation is 4. The average Bonchev–Trinajstić information content (AvgIpc) is 1.58. The van der Waals surface area contributed by atoms with Gasteiger partial charge in [-0.15, -0.1) is 40.8 Å². The largest absolute Gasteiger partial charge is 0.461 e. The van der Waals surface area contributed by atoms with E-state index in [-0.39, 0.29) is 92.1 Å². The number of thioether (sulfide) groups is 3. The Labute approximate surface area is 730 Å². The highest BCUT2D eigenvalue weighted by atomic mass is 32.2. The zero-order valence-corrected chi connectivity index (χ0v) is 73.1. The minimum atomic E-state index is -0.750. The van der Waals surface area contributed by atoms with Crippen LogP contribution in [0.4, 0.5) is 61.6 Å². The predicted molar refractivity (Wildman–Crippen MR) is 482 cm³/mol. The van der Waals surface area contributed by atoms with Crippen molar-refractivity contribution in [3.8, 4) is 0 Å². The fourth-order valence-electron chi connectivity index (χ4n) is 12.4. The van der Waals surface area contributed by atoms with Crippen molar-refractivity contribution in [3.05, 3.63) is 120 Å². The number of alkyl carbamates (subject to hydrolysis) is 2. The third-order valence-corrected chi connectivity index (χ3v) is 19.8. The molecule has 12 aromatic rings. The van der Waals surface area contributed by atoms with Crippen LogP contribution in [-0.4, -0.2) is 210 Å². The van der Waals surface area contributed by atoms with Crippen LogP contribution in [0.2, 0.25) is 0 Å². The summed E-state index contributed by atoms with van der Waals surface area (Å²) in [7, 11) is 9.15. The topological polar surface area (TPSA) is 554 Å². The number of aromatic nitrogens is 20. The van der Waals surface area contributed by atoms with Gasteiger partial charge < -0.3 is 79.1 Å². The molecule has 2 fully saturated rings. The Morgan fingerprint density at radius 3 is 1.18 bits per heavy atom. The van der Waals surface area contributed by atoms with E-state index in [1.54, 1.807) is 59.7 Å². The molecule has 8 heterocycles. The number of hydrogen-bond acceptors (Lipinski definition) is 36. The summed E-state index contributed by atoms with van der Waals surface area (Å²) < 4.78 is 27.5. The second kappa shape index (κ2) is 45.8. The molecule has 0 unspecified atom stereocenters. The molecule has 14 rings (SSSR count). The van der Waals surface area contributed by atoms with E-state index < -0.39 is 41.0 Å². The Kier molecular flexibility index (Phi) is 36.2. The summed E-state index contributed by atoms with van der Waals surface area (Å²) in [5, 5.41) is 74.4. The van der Waals surface area contributed by atoms with Crippen LogP contribution >= 0.6 is 35.3 Å². The van der Waals surface area contributed by atoms with E-state index in [4.69, 9.17) is 41.9 Å². The van der Waals surface area contributed by atoms with Crippen LogP contribution in [0.15, 0.2) is 113 Å². The summed E-state index contributed by atoms with van der Waals surface area (Å²) in [4.78, 5) is 88.1. The highest BCUT2D eigenvalue weighted by molar-refractivity contribution is 7.98. The van der Waals surface area contributed by atoms with Crippen LogP contribution in [0.3, 0.4) is 0 Å². The number of rotatable bonds is 20. The van der Waals surface area contributed by atoms with Gasteiger partial charge in [-0.1, -0.05) is 100 Å². The van der Waals surface area contributed by atoms with E-state index in [0.29, 0.717) is 39.4 Å². The highest BCUT2D eigenvalue weighted by Crippen LogP contribution is 2.32. The molecule has 0 saturated heterocycles. The van der Waals surface area contributed by atoms with Gasteiger partial charge in [-0.25, -0.2) is 34.1 Å². The Balaban J connectivity index is 0.000000212. The first-order valence-electron chi connectivity index (χ1n) is 38.7. The van der Waals surface area contributed by atoms with E-state index in [0.717, 1.165) is 112 Å². The average molecular weight is 1760 g/mol. The quantitative estimate of drug-likeness (QED) is 0.0146. The maximum Gasteiger partial charge on any atom is 0.407 e. The molecule has 41 nitrogen and oxygen atoms in total. The molecule has 2 aliphatic carbocycles. The Morgan fingerprint density at radius 2 is 0.790 bits per heavy atom. The van der Waals surface area contributed by atoms with Gasteiger partial charge >= 0.3 is 24.1 Å². The lowest BCUT2D eigenvalue weighted by Gasteiger charge is -2.33. The number of nitrogens with one attached hydrogen (secondary N) is 7. The van der Waals surface area contributed by atoms with Gasteiger partial charge in [0.1, 0.15) is 11.2 Å². The van der Waals surface area contributed by atoms with Crippen LogP contribution in [0.1, 0.15) is 164 Å². The molecule has 0 radical (unpaired) electrons. The maximum atomic E-state index is 12.3. The second-order valence-corrected chi connectivity index (χ2v) is 31.5. The Hall–Kier alpha value is -13.0. The van der Waals surface area contributed by atoms with Crippen molar-refractivity contribution >= 4 is 167 Å². The first-order chi connectivity index (χ1) is 58.2. The number of esters is 2. The molecule has 15 N–H and O–H groups in total. The Bertz CT molecular complexity index is 5620. The molecular weight excluding hydrogens is 1650 g/mol. The molecule has 8 aromatic heterocycles. The summed E-state index contributed by atoms with van der Waals surface area (Å²) in [6, 6.07) is 22.8. The molecule has 44 heteroatoms.